The number of ether oxygens (including phenoxy) is 2. The zero-order chi connectivity index (χ0) is 20.3. The summed E-state index contributed by atoms with van der Waals surface area (Å²) in [6, 6.07) is 6.14. The second kappa shape index (κ2) is 8.30. The van der Waals surface area contributed by atoms with Crippen LogP contribution in [0.2, 0.25) is 0 Å². The van der Waals surface area contributed by atoms with Gasteiger partial charge >= 0.3 is 0 Å². The molecule has 3 N–H and O–H groups in total. The van der Waals surface area contributed by atoms with Crippen LogP contribution < -0.4 is 9.47 Å². The van der Waals surface area contributed by atoms with Crippen molar-refractivity contribution >= 4 is 12.4 Å². The highest BCUT2D eigenvalue weighted by atomic mass is 17.2. The minimum absolute atomic E-state index is 0.164. The monoisotopic (exact) mass is 388 g/mol. The second-order valence-electron chi connectivity index (χ2n) is 6.06. The number of carbonyl (C=O) groups is 1. The molecule has 0 radical (unpaired) electrons. The van der Waals surface area contributed by atoms with Crippen molar-refractivity contribution in [2.75, 3.05) is 20.8 Å². The van der Waals surface area contributed by atoms with Gasteiger partial charge in [-0.1, -0.05) is 6.08 Å². The zero-order valence-electron chi connectivity index (χ0n) is 15.3. The molecule has 0 aromatic heterocycles. The lowest BCUT2D eigenvalue weighted by molar-refractivity contribution is -0.473. The molecule has 1 aliphatic rings. The summed E-state index contributed by atoms with van der Waals surface area (Å²) in [5.41, 5.74) is 1.56. The van der Waals surface area contributed by atoms with Crippen molar-refractivity contribution in [1.82, 2.24) is 0 Å². The van der Waals surface area contributed by atoms with E-state index in [0.717, 1.165) is 0 Å². The van der Waals surface area contributed by atoms with E-state index in [2.05, 4.69) is 0 Å². The van der Waals surface area contributed by atoms with Crippen molar-refractivity contribution in [2.45, 2.75) is 12.2 Å². The Balaban J connectivity index is 2.13. The van der Waals surface area contributed by atoms with Crippen LogP contribution in [0.4, 0.5) is 0 Å². The predicted octanol–water partition coefficient (Wildman–Crippen LogP) is 2.36. The van der Waals surface area contributed by atoms with Crippen LogP contribution in [-0.2, 0) is 14.6 Å². The molecule has 148 valence electrons. The Kier molecular flexibility index (Phi) is 5.84. The van der Waals surface area contributed by atoms with Crippen LogP contribution in [0.3, 0.4) is 0 Å². The lowest BCUT2D eigenvalue weighted by atomic mass is 9.95. The third kappa shape index (κ3) is 3.53. The van der Waals surface area contributed by atoms with E-state index in [1.807, 2.05) is 0 Å². The van der Waals surface area contributed by atoms with Gasteiger partial charge in [-0.25, -0.2) is 9.78 Å². The van der Waals surface area contributed by atoms with Gasteiger partial charge in [0.25, 0.3) is 0 Å². The Labute approximate surface area is 161 Å². The number of phenolic OH excluding ortho intramolecular Hbond substituents is 2. The van der Waals surface area contributed by atoms with E-state index >= 15 is 0 Å². The molecule has 1 fully saturated rings. The molecule has 2 atom stereocenters. The average Bonchev–Trinajstić information content (AvgIpc) is 2.65. The van der Waals surface area contributed by atoms with E-state index in [4.69, 9.17) is 19.2 Å². The summed E-state index contributed by atoms with van der Waals surface area (Å²) in [5, 5.41) is 30.5. The van der Waals surface area contributed by atoms with Gasteiger partial charge < -0.3 is 24.8 Å². The first kappa shape index (κ1) is 19.7. The number of rotatable bonds is 7. The molecule has 0 aliphatic carbocycles. The number of hydrogen-bond donors (Lipinski definition) is 3. The first-order valence-electron chi connectivity index (χ1n) is 8.41. The van der Waals surface area contributed by atoms with E-state index in [9.17, 15) is 20.1 Å². The fourth-order valence-electron chi connectivity index (χ4n) is 3.06. The molecule has 1 heterocycles. The molecule has 1 aliphatic heterocycles. The SMILES string of the molecule is COc1cc(C=CC=O)cc(O)c1-c1c(O)cc([C@@H]2OO[C@@H]2CO)cc1OC. The first-order chi connectivity index (χ1) is 13.5. The number of carbonyl (C=O) groups excluding carboxylic acids is 1. The maximum Gasteiger partial charge on any atom is 0.150 e. The summed E-state index contributed by atoms with van der Waals surface area (Å²) < 4.78 is 10.8. The van der Waals surface area contributed by atoms with E-state index in [-0.39, 0.29) is 40.7 Å². The van der Waals surface area contributed by atoms with Gasteiger partial charge in [0, 0.05) is 0 Å². The molecule has 2 aromatic rings. The average molecular weight is 388 g/mol. The highest BCUT2D eigenvalue weighted by Gasteiger charge is 2.37. The standard InChI is InChI=1S/C20H20O8/c1-25-15-7-11(4-3-5-21)6-13(23)18(15)19-14(24)8-12(9-16(19)26-2)20-17(10-22)27-28-20/h3-9,17,20,22-24H,10H2,1-2H3/t17-,20+/m1/s1. The van der Waals surface area contributed by atoms with Gasteiger partial charge in [0.15, 0.2) is 0 Å². The van der Waals surface area contributed by atoms with Crippen molar-refractivity contribution in [3.05, 3.63) is 41.5 Å². The summed E-state index contributed by atoms with van der Waals surface area (Å²) in [5.74, 6) is 0.212. The number of aliphatic hydroxyl groups excluding tert-OH is 1. The molecule has 8 nitrogen and oxygen atoms in total. The molecule has 1 saturated heterocycles. The van der Waals surface area contributed by atoms with Gasteiger partial charge in [0.1, 0.15) is 41.5 Å². The number of benzene rings is 2. The maximum atomic E-state index is 10.7. The molecule has 0 unspecified atom stereocenters. The van der Waals surface area contributed by atoms with Crippen LogP contribution in [0.1, 0.15) is 17.2 Å². The van der Waals surface area contributed by atoms with Crippen LogP contribution >= 0.6 is 0 Å². The number of aromatic hydroxyl groups is 2. The topological polar surface area (TPSA) is 115 Å². The lowest BCUT2D eigenvalue weighted by Gasteiger charge is -2.34. The lowest BCUT2D eigenvalue weighted by Crippen LogP contribution is -2.38. The summed E-state index contributed by atoms with van der Waals surface area (Å²) in [6.07, 6.45) is 2.34. The zero-order valence-corrected chi connectivity index (χ0v) is 15.3. The Morgan fingerprint density at radius 3 is 2.18 bits per heavy atom. The first-order valence-corrected chi connectivity index (χ1v) is 8.41. The van der Waals surface area contributed by atoms with Crippen molar-refractivity contribution in [2.24, 2.45) is 0 Å². The van der Waals surface area contributed by atoms with Crippen LogP contribution in [0.15, 0.2) is 30.3 Å². The summed E-state index contributed by atoms with van der Waals surface area (Å²) >= 11 is 0. The van der Waals surface area contributed by atoms with Gasteiger partial charge in [0.05, 0.1) is 32.0 Å². The largest absolute Gasteiger partial charge is 0.507 e. The quantitative estimate of drug-likeness (QED) is 0.376. The molecule has 2 aromatic carbocycles. The van der Waals surface area contributed by atoms with Gasteiger partial charge in [-0.3, -0.25) is 4.79 Å². The maximum absolute atomic E-state index is 10.7. The minimum atomic E-state index is -0.551. The van der Waals surface area contributed by atoms with Crippen molar-refractivity contribution < 1.29 is 39.4 Å². The summed E-state index contributed by atoms with van der Waals surface area (Å²) in [6.45, 7) is -0.236. The molecule has 28 heavy (non-hydrogen) atoms. The predicted molar refractivity (Wildman–Crippen MR) is 99.2 cm³/mol. The highest BCUT2D eigenvalue weighted by Crippen LogP contribution is 2.49. The fraction of sp³-hybridized carbons (Fsp3) is 0.250. The molecule has 0 spiro atoms. The third-order valence-electron chi connectivity index (χ3n) is 4.39. The molecule has 0 saturated carbocycles. The van der Waals surface area contributed by atoms with Crippen LogP contribution in [0.25, 0.3) is 17.2 Å². The molecule has 3 rings (SSSR count). The Hall–Kier alpha value is -3.07. The number of methoxy groups -OCH3 is 2. The van der Waals surface area contributed by atoms with Crippen molar-refractivity contribution in [1.29, 1.82) is 0 Å². The minimum Gasteiger partial charge on any atom is -0.507 e. The van der Waals surface area contributed by atoms with Crippen LogP contribution in [0.5, 0.6) is 23.0 Å². The highest BCUT2D eigenvalue weighted by molar-refractivity contribution is 5.87. The molecule has 0 amide bonds. The Morgan fingerprint density at radius 2 is 1.64 bits per heavy atom. The van der Waals surface area contributed by atoms with E-state index in [0.29, 0.717) is 17.4 Å². The van der Waals surface area contributed by atoms with E-state index in [1.54, 1.807) is 12.1 Å². The second-order valence-corrected chi connectivity index (χ2v) is 6.06. The van der Waals surface area contributed by atoms with E-state index in [1.165, 1.54) is 38.5 Å². The summed E-state index contributed by atoms with van der Waals surface area (Å²) in [7, 11) is 2.85. The van der Waals surface area contributed by atoms with Gasteiger partial charge in [-0.05, 0) is 41.5 Å². The number of phenols is 2. The van der Waals surface area contributed by atoms with E-state index < -0.39 is 12.2 Å². The van der Waals surface area contributed by atoms with Crippen molar-refractivity contribution in [3.63, 3.8) is 0 Å². The smallest absolute Gasteiger partial charge is 0.150 e. The molecular weight excluding hydrogens is 368 g/mol. The van der Waals surface area contributed by atoms with Gasteiger partial charge in [-0.2, -0.15) is 0 Å². The molecule has 8 heteroatoms. The Bertz CT molecular complexity index is 904. The van der Waals surface area contributed by atoms with Crippen molar-refractivity contribution in [3.8, 4) is 34.1 Å². The molecule has 0 bridgehead atoms. The fourth-order valence-corrected chi connectivity index (χ4v) is 3.06. The number of aliphatic hydroxyl groups is 1. The number of aldehydes is 1. The van der Waals surface area contributed by atoms with Gasteiger partial charge in [-0.15, -0.1) is 0 Å². The number of hydrogen-bond acceptors (Lipinski definition) is 8. The third-order valence-corrected chi connectivity index (χ3v) is 4.39. The van der Waals surface area contributed by atoms with Gasteiger partial charge in [0.2, 0.25) is 0 Å². The Morgan fingerprint density at radius 1 is 1.00 bits per heavy atom. The molecular formula is C20H20O8. The van der Waals surface area contributed by atoms with Crippen LogP contribution in [-0.4, -0.2) is 48.5 Å². The summed E-state index contributed by atoms with van der Waals surface area (Å²) in [4.78, 5) is 20.3. The number of allylic oxidation sites excluding steroid dienone is 1. The van der Waals surface area contributed by atoms with Crippen LogP contribution in [0, 0.1) is 0 Å². The normalized spacial score (nSPS) is 18.7.